The van der Waals surface area contributed by atoms with Crippen molar-refractivity contribution in [1.29, 1.82) is 0 Å². The highest BCUT2D eigenvalue weighted by Crippen LogP contribution is 2.11. The Morgan fingerprint density at radius 2 is 2.25 bits per heavy atom. The zero-order valence-electron chi connectivity index (χ0n) is 9.13. The first-order chi connectivity index (χ1) is 7.79. The molecule has 0 aliphatic carbocycles. The minimum absolute atomic E-state index is 0.0393. The van der Waals surface area contributed by atoms with Crippen LogP contribution in [0.2, 0.25) is 0 Å². The second-order valence-electron chi connectivity index (χ2n) is 3.77. The molecule has 2 heterocycles. The van der Waals surface area contributed by atoms with E-state index in [1.807, 2.05) is 16.6 Å². The van der Waals surface area contributed by atoms with E-state index in [1.54, 1.807) is 11.3 Å². The molecule has 1 fully saturated rings. The summed E-state index contributed by atoms with van der Waals surface area (Å²) in [5.74, 6) is 0.0393. The van der Waals surface area contributed by atoms with Gasteiger partial charge >= 0.3 is 0 Å². The van der Waals surface area contributed by atoms with Gasteiger partial charge in [-0.25, -0.2) is 0 Å². The van der Waals surface area contributed by atoms with Crippen LogP contribution in [0.5, 0.6) is 0 Å². The zero-order valence-corrected chi connectivity index (χ0v) is 9.95. The van der Waals surface area contributed by atoms with E-state index in [0.29, 0.717) is 0 Å². The van der Waals surface area contributed by atoms with E-state index in [2.05, 4.69) is 16.5 Å². The molecule has 0 atom stereocenters. The van der Waals surface area contributed by atoms with Gasteiger partial charge in [0.25, 0.3) is 0 Å². The molecule has 86 valence electrons. The van der Waals surface area contributed by atoms with E-state index in [0.717, 1.165) is 32.7 Å². The molecule has 1 aromatic rings. The maximum atomic E-state index is 11.4. The maximum Gasteiger partial charge on any atom is 0.246 e. The predicted molar refractivity (Wildman–Crippen MR) is 64.2 cm³/mol. The number of hydrogen-bond donors (Lipinski definition) is 0. The number of carbonyl (C=O) groups excluding carboxylic acids is 1. The predicted octanol–water partition coefficient (Wildman–Crippen LogP) is 0.973. The Morgan fingerprint density at radius 3 is 2.81 bits per heavy atom. The van der Waals surface area contributed by atoms with Gasteiger partial charge in [0.05, 0.1) is 5.51 Å². The standard InChI is InChI=1S/C11H15N3OS/c1-2-11(15)14-5-3-13(4-6-14)8-10-7-12-9-16-10/h2,7,9H,1,3-6,8H2. The molecule has 0 aromatic carbocycles. The van der Waals surface area contributed by atoms with Gasteiger partial charge in [0, 0.05) is 43.8 Å². The summed E-state index contributed by atoms with van der Waals surface area (Å²) in [6, 6.07) is 0. The number of piperazine rings is 1. The van der Waals surface area contributed by atoms with E-state index in [1.165, 1.54) is 11.0 Å². The van der Waals surface area contributed by atoms with Crippen LogP contribution in [0.15, 0.2) is 24.4 Å². The van der Waals surface area contributed by atoms with Crippen LogP contribution >= 0.6 is 11.3 Å². The molecule has 1 amide bonds. The van der Waals surface area contributed by atoms with Crippen molar-refractivity contribution in [1.82, 2.24) is 14.8 Å². The highest BCUT2D eigenvalue weighted by Gasteiger charge is 2.19. The van der Waals surface area contributed by atoms with Crippen LogP contribution in [-0.4, -0.2) is 46.9 Å². The molecule has 0 bridgehead atoms. The summed E-state index contributed by atoms with van der Waals surface area (Å²) in [7, 11) is 0. The first-order valence-corrected chi connectivity index (χ1v) is 6.18. The molecular formula is C11H15N3OS. The molecule has 0 saturated carbocycles. The van der Waals surface area contributed by atoms with Crippen molar-refractivity contribution in [2.24, 2.45) is 0 Å². The Labute approximate surface area is 99.2 Å². The Kier molecular flexibility index (Phi) is 3.69. The Bertz CT molecular complexity index is 355. The van der Waals surface area contributed by atoms with Gasteiger partial charge < -0.3 is 4.90 Å². The van der Waals surface area contributed by atoms with Crippen molar-refractivity contribution < 1.29 is 4.79 Å². The Morgan fingerprint density at radius 1 is 1.50 bits per heavy atom. The third kappa shape index (κ3) is 2.68. The van der Waals surface area contributed by atoms with Crippen LogP contribution in [0.25, 0.3) is 0 Å². The lowest BCUT2D eigenvalue weighted by atomic mass is 10.3. The van der Waals surface area contributed by atoms with Gasteiger partial charge in [-0.15, -0.1) is 11.3 Å². The van der Waals surface area contributed by atoms with E-state index in [9.17, 15) is 4.79 Å². The fourth-order valence-corrected chi connectivity index (χ4v) is 2.43. The Hall–Kier alpha value is -1.20. The summed E-state index contributed by atoms with van der Waals surface area (Å²) in [5, 5.41) is 0. The highest BCUT2D eigenvalue weighted by atomic mass is 32.1. The second kappa shape index (κ2) is 5.23. The Balaban J connectivity index is 1.81. The molecule has 16 heavy (non-hydrogen) atoms. The molecule has 1 saturated heterocycles. The number of rotatable bonds is 3. The van der Waals surface area contributed by atoms with Crippen LogP contribution in [-0.2, 0) is 11.3 Å². The van der Waals surface area contributed by atoms with Crippen LogP contribution in [0.4, 0.5) is 0 Å². The second-order valence-corrected chi connectivity index (χ2v) is 4.74. The molecule has 0 unspecified atom stereocenters. The van der Waals surface area contributed by atoms with Gasteiger partial charge in [-0.3, -0.25) is 14.7 Å². The van der Waals surface area contributed by atoms with E-state index in [-0.39, 0.29) is 5.91 Å². The summed E-state index contributed by atoms with van der Waals surface area (Å²) < 4.78 is 0. The summed E-state index contributed by atoms with van der Waals surface area (Å²) in [5.41, 5.74) is 1.85. The first-order valence-electron chi connectivity index (χ1n) is 5.30. The molecule has 1 aromatic heterocycles. The lowest BCUT2D eigenvalue weighted by molar-refractivity contribution is -0.127. The van der Waals surface area contributed by atoms with Gasteiger partial charge in [0.15, 0.2) is 0 Å². The summed E-state index contributed by atoms with van der Waals surface area (Å²) in [6.45, 7) is 7.90. The smallest absolute Gasteiger partial charge is 0.246 e. The first kappa shape index (κ1) is 11.3. The summed E-state index contributed by atoms with van der Waals surface area (Å²) in [4.78, 5) is 20.9. The van der Waals surface area contributed by atoms with E-state index >= 15 is 0 Å². The van der Waals surface area contributed by atoms with Gasteiger partial charge in [0.2, 0.25) is 5.91 Å². The molecule has 0 radical (unpaired) electrons. The lowest BCUT2D eigenvalue weighted by Gasteiger charge is -2.33. The summed E-state index contributed by atoms with van der Waals surface area (Å²) >= 11 is 1.68. The van der Waals surface area contributed by atoms with Gasteiger partial charge in [-0.05, 0) is 6.08 Å². The molecule has 5 heteroatoms. The number of aromatic nitrogens is 1. The number of amides is 1. The molecular weight excluding hydrogens is 222 g/mol. The van der Waals surface area contributed by atoms with Crippen molar-refractivity contribution in [3.05, 3.63) is 29.2 Å². The third-order valence-corrected chi connectivity index (χ3v) is 3.49. The van der Waals surface area contributed by atoms with Crippen molar-refractivity contribution >= 4 is 17.2 Å². The highest BCUT2D eigenvalue weighted by molar-refractivity contribution is 7.09. The van der Waals surface area contributed by atoms with Crippen molar-refractivity contribution in [3.63, 3.8) is 0 Å². The normalized spacial score (nSPS) is 17.4. The van der Waals surface area contributed by atoms with Crippen LogP contribution in [0, 0.1) is 0 Å². The maximum absolute atomic E-state index is 11.4. The molecule has 0 N–H and O–H groups in total. The van der Waals surface area contributed by atoms with Crippen molar-refractivity contribution in [2.45, 2.75) is 6.54 Å². The number of hydrogen-bond acceptors (Lipinski definition) is 4. The quantitative estimate of drug-likeness (QED) is 0.735. The summed E-state index contributed by atoms with van der Waals surface area (Å²) in [6.07, 6.45) is 3.30. The average Bonchev–Trinajstić information content (AvgIpc) is 2.82. The SMILES string of the molecule is C=CC(=O)N1CCN(Cc2cncs2)CC1. The monoisotopic (exact) mass is 237 g/mol. The fourth-order valence-electron chi connectivity index (χ4n) is 1.80. The van der Waals surface area contributed by atoms with Gasteiger partial charge in [-0.2, -0.15) is 0 Å². The number of carbonyl (C=O) groups is 1. The van der Waals surface area contributed by atoms with Crippen LogP contribution in [0.3, 0.4) is 0 Å². The fraction of sp³-hybridized carbons (Fsp3) is 0.455. The topological polar surface area (TPSA) is 36.4 Å². The van der Waals surface area contributed by atoms with Crippen molar-refractivity contribution in [3.8, 4) is 0 Å². The molecule has 1 aliphatic heterocycles. The molecule has 0 spiro atoms. The molecule has 1 aliphatic rings. The minimum atomic E-state index is 0.0393. The number of thiazole rings is 1. The lowest BCUT2D eigenvalue weighted by Crippen LogP contribution is -2.47. The molecule has 4 nitrogen and oxygen atoms in total. The van der Waals surface area contributed by atoms with E-state index < -0.39 is 0 Å². The minimum Gasteiger partial charge on any atom is -0.337 e. The van der Waals surface area contributed by atoms with E-state index in [4.69, 9.17) is 0 Å². The van der Waals surface area contributed by atoms with Gasteiger partial charge in [-0.1, -0.05) is 6.58 Å². The number of nitrogens with zero attached hydrogens (tertiary/aromatic N) is 3. The van der Waals surface area contributed by atoms with Crippen LogP contribution < -0.4 is 0 Å². The van der Waals surface area contributed by atoms with Crippen LogP contribution in [0.1, 0.15) is 4.88 Å². The van der Waals surface area contributed by atoms with Gasteiger partial charge in [0.1, 0.15) is 0 Å². The largest absolute Gasteiger partial charge is 0.337 e. The van der Waals surface area contributed by atoms with Crippen molar-refractivity contribution in [2.75, 3.05) is 26.2 Å². The molecule has 2 rings (SSSR count). The third-order valence-electron chi connectivity index (χ3n) is 2.72. The zero-order chi connectivity index (χ0) is 11.4. The average molecular weight is 237 g/mol.